The molecule has 2 aromatic rings. The maximum absolute atomic E-state index is 6.30. The van der Waals surface area contributed by atoms with Crippen LogP contribution in [-0.4, -0.2) is 6.04 Å². The highest BCUT2D eigenvalue weighted by molar-refractivity contribution is 9.10. The van der Waals surface area contributed by atoms with Gasteiger partial charge in [-0.3, -0.25) is 0 Å². The third-order valence-corrected chi connectivity index (χ3v) is 5.30. The Morgan fingerprint density at radius 2 is 1.90 bits per heavy atom. The minimum Gasteiger partial charge on any atom is -0.326 e. The molecule has 0 aromatic heterocycles. The average Bonchev–Trinajstić information content (AvgIpc) is 2.46. The molecular formula is C16H17BrClNS. The largest absolute Gasteiger partial charge is 0.326 e. The van der Waals surface area contributed by atoms with Crippen molar-refractivity contribution in [2.24, 2.45) is 5.73 Å². The van der Waals surface area contributed by atoms with E-state index in [0.717, 1.165) is 15.9 Å². The Labute approximate surface area is 138 Å². The van der Waals surface area contributed by atoms with E-state index >= 15 is 0 Å². The van der Waals surface area contributed by atoms with Gasteiger partial charge in [0.15, 0.2) is 0 Å². The third-order valence-electron chi connectivity index (χ3n) is 3.11. The molecule has 2 atom stereocenters. The van der Waals surface area contributed by atoms with Crippen LogP contribution in [0.4, 0.5) is 0 Å². The average molecular weight is 371 g/mol. The van der Waals surface area contributed by atoms with Crippen LogP contribution in [-0.2, 0) is 0 Å². The van der Waals surface area contributed by atoms with E-state index in [1.54, 1.807) is 11.8 Å². The molecule has 1 nitrogen and oxygen atoms in total. The molecule has 0 amide bonds. The van der Waals surface area contributed by atoms with E-state index in [4.69, 9.17) is 17.3 Å². The van der Waals surface area contributed by atoms with Gasteiger partial charge in [0.25, 0.3) is 0 Å². The first kappa shape index (κ1) is 15.9. The molecule has 0 aliphatic carbocycles. The predicted molar refractivity (Wildman–Crippen MR) is 92.5 cm³/mol. The van der Waals surface area contributed by atoms with Gasteiger partial charge in [-0.2, -0.15) is 0 Å². The molecule has 2 unspecified atom stereocenters. The van der Waals surface area contributed by atoms with Crippen LogP contribution in [0.3, 0.4) is 0 Å². The first-order valence-electron chi connectivity index (χ1n) is 6.53. The van der Waals surface area contributed by atoms with E-state index in [9.17, 15) is 0 Å². The number of benzene rings is 2. The van der Waals surface area contributed by atoms with Crippen molar-refractivity contribution < 1.29 is 0 Å². The number of hydrogen-bond acceptors (Lipinski definition) is 2. The van der Waals surface area contributed by atoms with Gasteiger partial charge in [0.05, 0.1) is 0 Å². The molecule has 0 bridgehead atoms. The maximum atomic E-state index is 6.30. The van der Waals surface area contributed by atoms with Gasteiger partial charge < -0.3 is 5.73 Å². The molecule has 0 spiro atoms. The van der Waals surface area contributed by atoms with Crippen LogP contribution in [0.1, 0.15) is 24.2 Å². The van der Waals surface area contributed by atoms with Crippen molar-refractivity contribution >= 4 is 39.3 Å². The summed E-state index contributed by atoms with van der Waals surface area (Å²) in [7, 11) is 0. The summed E-state index contributed by atoms with van der Waals surface area (Å²) >= 11 is 11.3. The highest BCUT2D eigenvalue weighted by Crippen LogP contribution is 2.39. The fourth-order valence-corrected chi connectivity index (χ4v) is 3.66. The molecule has 0 radical (unpaired) electrons. The predicted octanol–water partition coefficient (Wildman–Crippen LogP) is 5.67. The Balaban J connectivity index is 2.26. The number of rotatable bonds is 5. The van der Waals surface area contributed by atoms with Crippen molar-refractivity contribution in [1.82, 2.24) is 0 Å². The van der Waals surface area contributed by atoms with E-state index in [0.29, 0.717) is 0 Å². The van der Waals surface area contributed by atoms with E-state index < -0.39 is 0 Å². The van der Waals surface area contributed by atoms with Gasteiger partial charge in [0.1, 0.15) is 0 Å². The van der Waals surface area contributed by atoms with Crippen LogP contribution >= 0.6 is 39.3 Å². The third kappa shape index (κ3) is 4.26. The summed E-state index contributed by atoms with van der Waals surface area (Å²) in [5, 5.41) is 0.965. The lowest BCUT2D eigenvalue weighted by atomic mass is 10.0. The molecule has 2 N–H and O–H groups in total. The molecule has 4 heteroatoms. The minimum atomic E-state index is 0.0992. The van der Waals surface area contributed by atoms with Crippen LogP contribution < -0.4 is 5.73 Å². The zero-order valence-corrected chi connectivity index (χ0v) is 14.4. The summed E-state index contributed by atoms with van der Waals surface area (Å²) in [4.78, 5) is 1.21. The Bertz CT molecular complexity index is 559. The van der Waals surface area contributed by atoms with Gasteiger partial charge in [-0.25, -0.2) is 0 Å². The van der Waals surface area contributed by atoms with Crippen molar-refractivity contribution in [3.63, 3.8) is 0 Å². The summed E-state index contributed by atoms with van der Waals surface area (Å²) in [5.41, 5.74) is 7.48. The number of nitrogens with two attached hydrogens (primary N) is 1. The highest BCUT2D eigenvalue weighted by Gasteiger charge is 2.20. The second-order valence-electron chi connectivity index (χ2n) is 4.62. The first-order valence-corrected chi connectivity index (χ1v) is 8.58. The molecule has 0 aliphatic heterocycles. The first-order chi connectivity index (χ1) is 9.60. The van der Waals surface area contributed by atoms with Crippen LogP contribution in [0.2, 0.25) is 5.02 Å². The Morgan fingerprint density at radius 1 is 1.20 bits per heavy atom. The number of hydrogen-bond donors (Lipinski definition) is 1. The Morgan fingerprint density at radius 3 is 2.50 bits per heavy atom. The minimum absolute atomic E-state index is 0.0992. The van der Waals surface area contributed by atoms with E-state index in [2.05, 4.69) is 53.2 Å². The van der Waals surface area contributed by atoms with Gasteiger partial charge in [-0.1, -0.05) is 46.6 Å². The van der Waals surface area contributed by atoms with Gasteiger partial charge in [0, 0.05) is 25.7 Å². The Hall–Kier alpha value is -0.480. The smallest absolute Gasteiger partial charge is 0.0495 e. The molecule has 2 rings (SSSR count). The molecule has 106 valence electrons. The second-order valence-corrected chi connectivity index (χ2v) is 7.19. The van der Waals surface area contributed by atoms with E-state index in [1.807, 2.05) is 18.2 Å². The van der Waals surface area contributed by atoms with E-state index in [1.165, 1.54) is 10.5 Å². The van der Waals surface area contributed by atoms with Crippen molar-refractivity contribution in [2.45, 2.75) is 29.5 Å². The second kappa shape index (κ2) is 7.51. The summed E-state index contributed by atoms with van der Waals surface area (Å²) in [6.07, 6.45) is 0.931. The van der Waals surface area contributed by atoms with Crippen LogP contribution in [0.15, 0.2) is 57.9 Å². The number of thioether (sulfide) groups is 1. The Kier molecular flexibility index (Phi) is 5.97. The molecular weight excluding hydrogens is 354 g/mol. The molecule has 0 heterocycles. The van der Waals surface area contributed by atoms with Crippen molar-refractivity contribution in [2.75, 3.05) is 0 Å². The standard InChI is InChI=1S/C16H17BrClNS/c1-2-15(19)16(11-4-3-5-13(18)10-11)20-14-8-6-12(17)7-9-14/h3-10,15-16H,2,19H2,1H3. The molecule has 0 saturated carbocycles. The zero-order chi connectivity index (χ0) is 14.5. The van der Waals surface area contributed by atoms with Gasteiger partial charge in [-0.15, -0.1) is 11.8 Å². The number of halogens is 2. The van der Waals surface area contributed by atoms with Gasteiger partial charge in [0.2, 0.25) is 0 Å². The summed E-state index contributed by atoms with van der Waals surface area (Å²) < 4.78 is 1.08. The topological polar surface area (TPSA) is 26.0 Å². The molecule has 0 aliphatic rings. The molecule has 0 fully saturated rings. The fraction of sp³-hybridized carbons (Fsp3) is 0.250. The van der Waals surface area contributed by atoms with Crippen LogP contribution in [0, 0.1) is 0 Å². The van der Waals surface area contributed by atoms with Gasteiger partial charge in [-0.05, 0) is 48.4 Å². The SMILES string of the molecule is CCC(N)C(Sc1ccc(Br)cc1)c1cccc(Cl)c1. The monoisotopic (exact) mass is 369 g/mol. The molecule has 20 heavy (non-hydrogen) atoms. The highest BCUT2D eigenvalue weighted by atomic mass is 79.9. The summed E-state index contributed by atoms with van der Waals surface area (Å²) in [6.45, 7) is 2.12. The van der Waals surface area contributed by atoms with Crippen LogP contribution in [0.25, 0.3) is 0 Å². The quantitative estimate of drug-likeness (QED) is 0.686. The lowest BCUT2D eigenvalue weighted by Crippen LogP contribution is -2.25. The van der Waals surface area contributed by atoms with Crippen LogP contribution in [0.5, 0.6) is 0 Å². The lowest BCUT2D eigenvalue weighted by Gasteiger charge is -2.23. The van der Waals surface area contributed by atoms with Crippen molar-refractivity contribution in [3.8, 4) is 0 Å². The van der Waals surface area contributed by atoms with Crippen molar-refractivity contribution in [1.29, 1.82) is 0 Å². The lowest BCUT2D eigenvalue weighted by molar-refractivity contribution is 0.634. The summed E-state index contributed by atoms with van der Waals surface area (Å²) in [5.74, 6) is 0. The van der Waals surface area contributed by atoms with E-state index in [-0.39, 0.29) is 11.3 Å². The summed E-state index contributed by atoms with van der Waals surface area (Å²) in [6, 6.07) is 16.4. The van der Waals surface area contributed by atoms with Gasteiger partial charge >= 0.3 is 0 Å². The maximum Gasteiger partial charge on any atom is 0.0495 e. The van der Waals surface area contributed by atoms with Crippen molar-refractivity contribution in [3.05, 3.63) is 63.6 Å². The normalized spacial score (nSPS) is 14.0. The molecule has 0 saturated heterocycles. The fourth-order valence-electron chi connectivity index (χ4n) is 1.96. The zero-order valence-electron chi connectivity index (χ0n) is 11.2. The molecule has 2 aromatic carbocycles.